The summed E-state index contributed by atoms with van der Waals surface area (Å²) in [6, 6.07) is 12.3. The molecule has 0 aromatic heterocycles. The summed E-state index contributed by atoms with van der Waals surface area (Å²) in [4.78, 5) is 25.8. The van der Waals surface area contributed by atoms with Crippen LogP contribution in [0.2, 0.25) is 5.02 Å². The first-order valence-corrected chi connectivity index (χ1v) is 8.34. The molecule has 6 nitrogen and oxygen atoms in total. The fourth-order valence-electron chi connectivity index (χ4n) is 2.41. The zero-order valence-electron chi connectivity index (χ0n) is 14.9. The quantitative estimate of drug-likeness (QED) is 0.806. The van der Waals surface area contributed by atoms with Gasteiger partial charge in [0, 0.05) is 24.6 Å². The van der Waals surface area contributed by atoms with Crippen molar-refractivity contribution in [3.63, 3.8) is 0 Å². The predicted molar refractivity (Wildman–Crippen MR) is 101 cm³/mol. The van der Waals surface area contributed by atoms with Gasteiger partial charge in [0.05, 0.1) is 19.9 Å². The third-order valence-corrected chi connectivity index (χ3v) is 4.16. The lowest BCUT2D eigenvalue weighted by Gasteiger charge is -2.23. The van der Waals surface area contributed by atoms with E-state index in [0.717, 1.165) is 5.56 Å². The smallest absolute Gasteiger partial charge is 0.240 e. The fraction of sp³-hybridized carbons (Fsp3) is 0.263. The number of nitrogens with zero attached hydrogens (tertiary/aromatic N) is 1. The number of hydrogen-bond donors (Lipinski definition) is 1. The van der Waals surface area contributed by atoms with Gasteiger partial charge in [-0.3, -0.25) is 14.5 Å². The van der Waals surface area contributed by atoms with Crippen LogP contribution in [0.4, 0.5) is 5.69 Å². The second-order valence-corrected chi connectivity index (χ2v) is 5.92. The van der Waals surface area contributed by atoms with Crippen molar-refractivity contribution in [1.29, 1.82) is 0 Å². The Hall–Kier alpha value is -2.73. The highest BCUT2D eigenvalue weighted by atomic mass is 35.5. The number of methoxy groups -OCH3 is 2. The normalized spacial score (nSPS) is 10.2. The molecule has 0 fully saturated rings. The molecule has 2 aromatic carbocycles. The van der Waals surface area contributed by atoms with E-state index < -0.39 is 0 Å². The Balaban J connectivity index is 2.14. The second-order valence-electron chi connectivity index (χ2n) is 5.51. The summed E-state index contributed by atoms with van der Waals surface area (Å²) in [5, 5.41) is 3.35. The van der Waals surface area contributed by atoms with Crippen LogP contribution in [0.3, 0.4) is 0 Å². The molecule has 1 N–H and O–H groups in total. The number of amides is 2. The summed E-state index contributed by atoms with van der Waals surface area (Å²) in [6.07, 6.45) is 0. The van der Waals surface area contributed by atoms with Crippen molar-refractivity contribution in [2.24, 2.45) is 0 Å². The number of hydrogen-bond acceptors (Lipinski definition) is 4. The van der Waals surface area contributed by atoms with Gasteiger partial charge < -0.3 is 14.8 Å². The summed E-state index contributed by atoms with van der Waals surface area (Å²) >= 11 is 6.09. The number of anilines is 1. The van der Waals surface area contributed by atoms with Crippen LogP contribution in [0.5, 0.6) is 11.5 Å². The molecule has 7 heteroatoms. The van der Waals surface area contributed by atoms with E-state index in [2.05, 4.69) is 5.32 Å². The molecule has 0 bridgehead atoms. The monoisotopic (exact) mass is 376 g/mol. The SMILES string of the molecule is COc1ccc(OC)c(N(CC(=O)NCc2ccccc2Cl)C(C)=O)c1. The van der Waals surface area contributed by atoms with Gasteiger partial charge in [-0.25, -0.2) is 0 Å². The van der Waals surface area contributed by atoms with E-state index in [1.165, 1.54) is 26.0 Å². The highest BCUT2D eigenvalue weighted by molar-refractivity contribution is 6.31. The third kappa shape index (κ3) is 4.89. The lowest BCUT2D eigenvalue weighted by atomic mass is 10.2. The van der Waals surface area contributed by atoms with Crippen LogP contribution in [0.25, 0.3) is 0 Å². The van der Waals surface area contributed by atoms with Crippen molar-refractivity contribution in [2.45, 2.75) is 13.5 Å². The molecule has 0 heterocycles. The molecule has 138 valence electrons. The van der Waals surface area contributed by atoms with Gasteiger partial charge in [-0.05, 0) is 23.8 Å². The van der Waals surface area contributed by atoms with E-state index in [0.29, 0.717) is 22.2 Å². The number of rotatable bonds is 7. The van der Waals surface area contributed by atoms with Crippen LogP contribution < -0.4 is 19.7 Å². The molecule has 0 aliphatic carbocycles. The first-order valence-electron chi connectivity index (χ1n) is 7.96. The molecule has 2 amide bonds. The molecule has 2 aromatic rings. The van der Waals surface area contributed by atoms with Crippen molar-refractivity contribution in [3.05, 3.63) is 53.1 Å². The van der Waals surface area contributed by atoms with Crippen molar-refractivity contribution in [2.75, 3.05) is 25.7 Å². The molecule has 0 aliphatic rings. The Labute approximate surface area is 157 Å². The summed E-state index contributed by atoms with van der Waals surface area (Å²) < 4.78 is 10.5. The van der Waals surface area contributed by atoms with Crippen molar-refractivity contribution < 1.29 is 19.1 Å². The molecular formula is C19H21ClN2O4. The van der Waals surface area contributed by atoms with E-state index >= 15 is 0 Å². The Morgan fingerprint density at radius 3 is 2.46 bits per heavy atom. The Morgan fingerprint density at radius 1 is 1.12 bits per heavy atom. The molecule has 0 saturated heterocycles. The average molecular weight is 377 g/mol. The largest absolute Gasteiger partial charge is 0.497 e. The summed E-state index contributed by atoms with van der Waals surface area (Å²) in [5.74, 6) is 0.429. The summed E-state index contributed by atoms with van der Waals surface area (Å²) in [7, 11) is 3.03. The molecule has 26 heavy (non-hydrogen) atoms. The Kier molecular flexibility index (Phi) is 6.86. The van der Waals surface area contributed by atoms with Crippen LogP contribution in [-0.4, -0.2) is 32.6 Å². The first kappa shape index (κ1) is 19.6. The van der Waals surface area contributed by atoms with Gasteiger partial charge in [-0.1, -0.05) is 29.8 Å². The minimum atomic E-state index is -0.315. The van der Waals surface area contributed by atoms with E-state index in [1.54, 1.807) is 24.3 Å². The zero-order chi connectivity index (χ0) is 19.1. The molecular weight excluding hydrogens is 356 g/mol. The van der Waals surface area contributed by atoms with Gasteiger partial charge in [0.25, 0.3) is 0 Å². The number of halogens is 1. The Bertz CT molecular complexity index is 795. The topological polar surface area (TPSA) is 67.9 Å². The van der Waals surface area contributed by atoms with Crippen LogP contribution >= 0.6 is 11.6 Å². The maximum atomic E-state index is 12.3. The zero-order valence-corrected chi connectivity index (χ0v) is 15.7. The summed E-state index contributed by atoms with van der Waals surface area (Å²) in [6.45, 7) is 1.52. The van der Waals surface area contributed by atoms with Crippen molar-refractivity contribution in [1.82, 2.24) is 5.32 Å². The number of carbonyl (C=O) groups excluding carboxylic acids is 2. The molecule has 0 radical (unpaired) electrons. The minimum absolute atomic E-state index is 0.149. The molecule has 0 aliphatic heterocycles. The number of nitrogens with one attached hydrogen (secondary N) is 1. The highest BCUT2D eigenvalue weighted by Gasteiger charge is 2.20. The standard InChI is InChI=1S/C19H21ClN2O4/c1-13(23)22(17-10-15(25-2)8-9-18(17)26-3)12-19(24)21-11-14-6-4-5-7-16(14)20/h4-10H,11-12H2,1-3H3,(H,21,24). The van der Waals surface area contributed by atoms with E-state index in [1.807, 2.05) is 18.2 Å². The Morgan fingerprint density at radius 2 is 1.85 bits per heavy atom. The first-order chi connectivity index (χ1) is 12.5. The molecule has 2 rings (SSSR count). The summed E-state index contributed by atoms with van der Waals surface area (Å²) in [5.41, 5.74) is 1.27. The molecule has 0 saturated carbocycles. The lowest BCUT2D eigenvalue weighted by molar-refractivity contribution is -0.123. The lowest BCUT2D eigenvalue weighted by Crippen LogP contribution is -2.39. The number of carbonyl (C=O) groups is 2. The fourth-order valence-corrected chi connectivity index (χ4v) is 2.61. The maximum Gasteiger partial charge on any atom is 0.240 e. The van der Waals surface area contributed by atoms with Gasteiger partial charge >= 0.3 is 0 Å². The predicted octanol–water partition coefficient (Wildman–Crippen LogP) is 3.03. The van der Waals surface area contributed by atoms with E-state index in [4.69, 9.17) is 21.1 Å². The average Bonchev–Trinajstić information content (AvgIpc) is 2.64. The van der Waals surface area contributed by atoms with Gasteiger partial charge in [0.1, 0.15) is 18.0 Å². The van der Waals surface area contributed by atoms with Crippen LogP contribution in [0.15, 0.2) is 42.5 Å². The van der Waals surface area contributed by atoms with E-state index in [-0.39, 0.29) is 24.9 Å². The molecule has 0 spiro atoms. The third-order valence-electron chi connectivity index (χ3n) is 3.79. The second kappa shape index (κ2) is 9.10. The van der Waals surface area contributed by atoms with Gasteiger partial charge in [0.2, 0.25) is 11.8 Å². The number of benzene rings is 2. The number of ether oxygens (including phenoxy) is 2. The highest BCUT2D eigenvalue weighted by Crippen LogP contribution is 2.32. The van der Waals surface area contributed by atoms with Gasteiger partial charge in [-0.2, -0.15) is 0 Å². The molecule has 0 atom stereocenters. The van der Waals surface area contributed by atoms with E-state index in [9.17, 15) is 9.59 Å². The minimum Gasteiger partial charge on any atom is -0.497 e. The van der Waals surface area contributed by atoms with Gasteiger partial charge in [0.15, 0.2) is 0 Å². The van der Waals surface area contributed by atoms with Crippen LogP contribution in [0, 0.1) is 0 Å². The maximum absolute atomic E-state index is 12.3. The van der Waals surface area contributed by atoms with Crippen LogP contribution in [0.1, 0.15) is 12.5 Å². The van der Waals surface area contributed by atoms with Crippen molar-refractivity contribution in [3.8, 4) is 11.5 Å². The van der Waals surface area contributed by atoms with Gasteiger partial charge in [-0.15, -0.1) is 0 Å². The van der Waals surface area contributed by atoms with Crippen LogP contribution in [-0.2, 0) is 16.1 Å². The van der Waals surface area contributed by atoms with Crippen molar-refractivity contribution >= 4 is 29.1 Å². The molecule has 0 unspecified atom stereocenters.